The van der Waals surface area contributed by atoms with Gasteiger partial charge in [0.25, 0.3) is 0 Å². The van der Waals surface area contributed by atoms with Gasteiger partial charge in [0.05, 0.1) is 13.2 Å². The molecule has 1 fully saturated rings. The fourth-order valence-electron chi connectivity index (χ4n) is 1.22. The van der Waals surface area contributed by atoms with E-state index in [2.05, 4.69) is 5.32 Å². The molecule has 3 N–H and O–H groups in total. The van der Waals surface area contributed by atoms with E-state index < -0.39 is 0 Å². The first-order chi connectivity index (χ1) is 6.79. The van der Waals surface area contributed by atoms with E-state index in [1.807, 2.05) is 12.1 Å². The predicted molar refractivity (Wildman–Crippen MR) is 53.2 cm³/mol. The van der Waals surface area contributed by atoms with E-state index in [0.29, 0.717) is 5.56 Å². The van der Waals surface area contributed by atoms with Gasteiger partial charge in [-0.05, 0) is 12.1 Å². The molecule has 0 aliphatic carbocycles. The minimum Gasteiger partial charge on any atom is -0.358 e. The summed E-state index contributed by atoms with van der Waals surface area (Å²) in [6.45, 7) is 0.776. The van der Waals surface area contributed by atoms with Crippen molar-refractivity contribution in [2.24, 2.45) is 5.73 Å². The van der Waals surface area contributed by atoms with E-state index in [0.717, 1.165) is 12.3 Å². The highest BCUT2D eigenvalue weighted by molar-refractivity contribution is 5.98. The van der Waals surface area contributed by atoms with Gasteiger partial charge in [-0.15, -0.1) is 0 Å². The molecule has 1 atom stereocenters. The highest BCUT2D eigenvalue weighted by Crippen LogP contribution is 2.17. The molecule has 1 unspecified atom stereocenters. The molecular formula is C10H12N2O2. The number of Topliss-reactive ketones (excluding diaryl/α,β-unsaturated/α-hetero) is 1. The standard InChI is InChI=1S/C10H12N2O2/c11-5-9(13)7-2-1-3-8(4-7)12-10-6-14-10/h1-4,10,12H,5-6,11H2. The van der Waals surface area contributed by atoms with Crippen LogP contribution in [0.1, 0.15) is 10.4 Å². The summed E-state index contributed by atoms with van der Waals surface area (Å²) in [6.07, 6.45) is 0.109. The molecule has 4 heteroatoms. The van der Waals surface area contributed by atoms with Crippen LogP contribution in [0.2, 0.25) is 0 Å². The van der Waals surface area contributed by atoms with Gasteiger partial charge < -0.3 is 15.8 Å². The number of hydrogen-bond acceptors (Lipinski definition) is 4. The van der Waals surface area contributed by atoms with Crippen LogP contribution in [-0.4, -0.2) is 25.2 Å². The van der Waals surface area contributed by atoms with E-state index in [1.165, 1.54) is 0 Å². The predicted octanol–water partition coefficient (Wildman–Crippen LogP) is 0.596. The number of nitrogens with one attached hydrogen (secondary N) is 1. The molecule has 1 saturated heterocycles. The maximum atomic E-state index is 11.3. The van der Waals surface area contributed by atoms with Crippen molar-refractivity contribution in [3.05, 3.63) is 29.8 Å². The van der Waals surface area contributed by atoms with Gasteiger partial charge in [-0.2, -0.15) is 0 Å². The summed E-state index contributed by atoms with van der Waals surface area (Å²) in [5, 5.41) is 3.12. The van der Waals surface area contributed by atoms with Crippen LogP contribution in [0.4, 0.5) is 5.69 Å². The Balaban J connectivity index is 2.12. The summed E-state index contributed by atoms with van der Waals surface area (Å²) in [4.78, 5) is 11.3. The van der Waals surface area contributed by atoms with Crippen molar-refractivity contribution in [2.45, 2.75) is 6.23 Å². The SMILES string of the molecule is NCC(=O)c1cccc(NC2CO2)c1. The van der Waals surface area contributed by atoms with Crippen molar-refractivity contribution < 1.29 is 9.53 Å². The van der Waals surface area contributed by atoms with Crippen molar-refractivity contribution in [1.29, 1.82) is 0 Å². The van der Waals surface area contributed by atoms with Gasteiger partial charge >= 0.3 is 0 Å². The lowest BCUT2D eigenvalue weighted by atomic mass is 10.1. The molecule has 2 rings (SSSR count). The number of epoxide rings is 1. The number of hydrogen-bond donors (Lipinski definition) is 2. The third-order valence-corrected chi connectivity index (χ3v) is 2.03. The van der Waals surface area contributed by atoms with Crippen molar-refractivity contribution in [1.82, 2.24) is 0 Å². The first-order valence-corrected chi connectivity index (χ1v) is 4.51. The van der Waals surface area contributed by atoms with Gasteiger partial charge in [-0.1, -0.05) is 12.1 Å². The van der Waals surface area contributed by atoms with E-state index >= 15 is 0 Å². The van der Waals surface area contributed by atoms with Crippen LogP contribution in [0.3, 0.4) is 0 Å². The zero-order valence-corrected chi connectivity index (χ0v) is 7.69. The van der Waals surface area contributed by atoms with E-state index in [9.17, 15) is 4.79 Å². The highest BCUT2D eigenvalue weighted by Gasteiger charge is 2.21. The lowest BCUT2D eigenvalue weighted by Crippen LogP contribution is -2.14. The average molecular weight is 192 g/mol. The van der Waals surface area contributed by atoms with Gasteiger partial charge in [-0.25, -0.2) is 0 Å². The molecule has 1 heterocycles. The molecule has 1 aromatic carbocycles. The van der Waals surface area contributed by atoms with Gasteiger partial charge in [-0.3, -0.25) is 4.79 Å². The molecule has 1 aliphatic rings. The molecule has 0 aromatic heterocycles. The number of carbonyl (C=O) groups excluding carboxylic acids is 1. The van der Waals surface area contributed by atoms with Crippen molar-refractivity contribution in [2.75, 3.05) is 18.5 Å². The molecule has 0 saturated carbocycles. The van der Waals surface area contributed by atoms with Gasteiger partial charge in [0.2, 0.25) is 0 Å². The third kappa shape index (κ3) is 2.10. The summed E-state index contributed by atoms with van der Waals surface area (Å²) >= 11 is 0. The molecule has 0 bridgehead atoms. The minimum absolute atomic E-state index is 0.0450. The number of ketones is 1. The second kappa shape index (κ2) is 3.77. The van der Waals surface area contributed by atoms with Crippen molar-refractivity contribution >= 4 is 11.5 Å². The van der Waals surface area contributed by atoms with Gasteiger partial charge in [0.1, 0.15) is 0 Å². The van der Waals surface area contributed by atoms with Gasteiger partial charge in [0.15, 0.2) is 12.0 Å². The van der Waals surface area contributed by atoms with Crippen LogP contribution in [0.15, 0.2) is 24.3 Å². The lowest BCUT2D eigenvalue weighted by molar-refractivity contribution is 0.100. The minimum atomic E-state index is -0.0506. The summed E-state index contributed by atoms with van der Waals surface area (Å²) in [6, 6.07) is 7.27. The fraction of sp³-hybridized carbons (Fsp3) is 0.300. The van der Waals surface area contributed by atoms with Crippen molar-refractivity contribution in [3.63, 3.8) is 0 Å². The topological polar surface area (TPSA) is 67.7 Å². The lowest BCUT2D eigenvalue weighted by Gasteiger charge is -2.04. The average Bonchev–Trinajstić information content (AvgIpc) is 3.01. The first kappa shape index (κ1) is 9.18. The Labute approximate surface area is 82.1 Å². The summed E-state index contributed by atoms with van der Waals surface area (Å²) in [7, 11) is 0. The Morgan fingerprint density at radius 1 is 1.64 bits per heavy atom. The molecule has 0 amide bonds. The molecule has 74 valence electrons. The Morgan fingerprint density at radius 3 is 3.07 bits per heavy atom. The smallest absolute Gasteiger partial charge is 0.176 e. The maximum Gasteiger partial charge on any atom is 0.176 e. The summed E-state index contributed by atoms with van der Waals surface area (Å²) in [5.41, 5.74) is 6.81. The van der Waals surface area contributed by atoms with Crippen LogP contribution in [0.25, 0.3) is 0 Å². The number of benzene rings is 1. The quantitative estimate of drug-likeness (QED) is 0.541. The van der Waals surface area contributed by atoms with Crippen LogP contribution in [-0.2, 0) is 4.74 Å². The molecule has 1 aliphatic heterocycles. The monoisotopic (exact) mass is 192 g/mol. The Hall–Kier alpha value is -1.39. The van der Waals surface area contributed by atoms with Crippen LogP contribution in [0.5, 0.6) is 0 Å². The number of rotatable bonds is 4. The summed E-state index contributed by atoms with van der Waals surface area (Å²) < 4.78 is 5.02. The van der Waals surface area contributed by atoms with Crippen LogP contribution >= 0.6 is 0 Å². The zero-order chi connectivity index (χ0) is 9.97. The second-order valence-electron chi connectivity index (χ2n) is 3.17. The molecule has 14 heavy (non-hydrogen) atoms. The Bertz CT molecular complexity index is 348. The maximum absolute atomic E-state index is 11.3. The summed E-state index contributed by atoms with van der Waals surface area (Å²) in [5.74, 6) is -0.0506. The van der Waals surface area contributed by atoms with Crippen LogP contribution in [0, 0.1) is 0 Å². The number of nitrogens with two attached hydrogens (primary N) is 1. The molecule has 0 radical (unpaired) electrons. The number of carbonyl (C=O) groups is 1. The third-order valence-electron chi connectivity index (χ3n) is 2.03. The van der Waals surface area contributed by atoms with Crippen LogP contribution < -0.4 is 11.1 Å². The number of anilines is 1. The molecular weight excluding hydrogens is 180 g/mol. The first-order valence-electron chi connectivity index (χ1n) is 4.51. The Morgan fingerprint density at radius 2 is 2.43 bits per heavy atom. The van der Waals surface area contributed by atoms with Gasteiger partial charge in [0, 0.05) is 11.3 Å². The van der Waals surface area contributed by atoms with E-state index in [1.54, 1.807) is 12.1 Å². The molecule has 0 spiro atoms. The van der Waals surface area contributed by atoms with E-state index in [-0.39, 0.29) is 18.6 Å². The Kier molecular flexibility index (Phi) is 2.47. The molecule has 1 aromatic rings. The number of ether oxygens (including phenoxy) is 1. The highest BCUT2D eigenvalue weighted by atomic mass is 16.6. The van der Waals surface area contributed by atoms with E-state index in [4.69, 9.17) is 10.5 Å². The normalized spacial score (nSPS) is 19.1. The molecule has 4 nitrogen and oxygen atoms in total. The second-order valence-corrected chi connectivity index (χ2v) is 3.17. The zero-order valence-electron chi connectivity index (χ0n) is 7.69. The largest absolute Gasteiger partial charge is 0.358 e. The fourth-order valence-corrected chi connectivity index (χ4v) is 1.22. The van der Waals surface area contributed by atoms with Crippen molar-refractivity contribution in [3.8, 4) is 0 Å².